The van der Waals surface area contributed by atoms with E-state index in [9.17, 15) is 8.42 Å². The molecule has 4 N–H and O–H groups in total. The highest BCUT2D eigenvalue weighted by Crippen LogP contribution is 2.36. The lowest BCUT2D eigenvalue weighted by Gasteiger charge is -2.27. The van der Waals surface area contributed by atoms with Gasteiger partial charge in [0.15, 0.2) is 0 Å². The van der Waals surface area contributed by atoms with Crippen molar-refractivity contribution >= 4 is 10.2 Å². The van der Waals surface area contributed by atoms with Crippen molar-refractivity contribution in [2.75, 3.05) is 13.1 Å². The van der Waals surface area contributed by atoms with Gasteiger partial charge in [-0.25, -0.2) is 4.72 Å². The van der Waals surface area contributed by atoms with E-state index in [2.05, 4.69) is 9.44 Å². The van der Waals surface area contributed by atoms with Gasteiger partial charge in [0.2, 0.25) is 0 Å². The third kappa shape index (κ3) is 3.16. The zero-order valence-corrected chi connectivity index (χ0v) is 10.4. The molecule has 0 heterocycles. The van der Waals surface area contributed by atoms with Crippen LogP contribution in [-0.2, 0) is 10.2 Å². The Morgan fingerprint density at radius 1 is 1.25 bits per heavy atom. The van der Waals surface area contributed by atoms with Gasteiger partial charge in [0.25, 0.3) is 10.2 Å². The van der Waals surface area contributed by atoms with Gasteiger partial charge in [-0.2, -0.15) is 13.1 Å². The summed E-state index contributed by atoms with van der Waals surface area (Å²) in [7, 11) is -3.31. The van der Waals surface area contributed by atoms with Crippen LogP contribution in [0.2, 0.25) is 0 Å². The molecule has 2 rings (SSSR count). The number of hydrogen-bond acceptors (Lipinski definition) is 3. The van der Waals surface area contributed by atoms with Gasteiger partial charge >= 0.3 is 0 Å². The maximum Gasteiger partial charge on any atom is 0.277 e. The van der Waals surface area contributed by atoms with Gasteiger partial charge in [0, 0.05) is 12.6 Å². The number of hydrogen-bond donors (Lipinski definition) is 3. The second-order valence-corrected chi connectivity index (χ2v) is 6.66. The minimum Gasteiger partial charge on any atom is -0.330 e. The van der Waals surface area contributed by atoms with Crippen LogP contribution in [-0.4, -0.2) is 27.5 Å². The molecule has 0 aromatic heterocycles. The second kappa shape index (κ2) is 4.60. The first-order valence-corrected chi connectivity index (χ1v) is 7.51. The summed E-state index contributed by atoms with van der Waals surface area (Å²) in [4.78, 5) is 0. The maximum atomic E-state index is 11.6. The van der Waals surface area contributed by atoms with Gasteiger partial charge < -0.3 is 5.73 Å². The lowest BCUT2D eigenvalue weighted by molar-refractivity contribution is 0.309. The molecule has 2 fully saturated rings. The fourth-order valence-corrected chi connectivity index (χ4v) is 3.54. The molecule has 0 radical (unpaired) electrons. The van der Waals surface area contributed by atoms with Gasteiger partial charge in [-0.05, 0) is 37.6 Å². The molecule has 2 saturated carbocycles. The smallest absolute Gasteiger partial charge is 0.277 e. The summed E-state index contributed by atoms with van der Waals surface area (Å²) in [5, 5.41) is 0. The van der Waals surface area contributed by atoms with Crippen LogP contribution < -0.4 is 15.2 Å². The van der Waals surface area contributed by atoms with E-state index in [1.165, 1.54) is 0 Å². The number of rotatable bonds is 6. The van der Waals surface area contributed by atoms with Crippen molar-refractivity contribution in [2.45, 2.75) is 44.6 Å². The standard InChI is InChI=1S/C10H21N3O2S/c11-7-10(5-1-2-6-10)8-12-16(14,15)13-9-3-4-9/h9,12-13H,1-8,11H2. The molecule has 0 saturated heterocycles. The molecule has 0 aromatic rings. The van der Waals surface area contributed by atoms with Crippen molar-refractivity contribution in [3.8, 4) is 0 Å². The van der Waals surface area contributed by atoms with Crippen LogP contribution in [0.25, 0.3) is 0 Å². The first-order chi connectivity index (χ1) is 7.55. The molecular weight excluding hydrogens is 226 g/mol. The number of nitrogens with one attached hydrogen (secondary N) is 2. The molecule has 0 amide bonds. The summed E-state index contributed by atoms with van der Waals surface area (Å²) >= 11 is 0. The highest BCUT2D eigenvalue weighted by molar-refractivity contribution is 7.87. The Kier molecular flexibility index (Phi) is 3.53. The molecular formula is C10H21N3O2S. The zero-order chi connectivity index (χ0) is 11.6. The fraction of sp³-hybridized carbons (Fsp3) is 1.00. The first kappa shape index (κ1) is 12.3. The van der Waals surface area contributed by atoms with Crippen molar-refractivity contribution in [1.29, 1.82) is 0 Å². The molecule has 0 atom stereocenters. The van der Waals surface area contributed by atoms with Crippen molar-refractivity contribution in [1.82, 2.24) is 9.44 Å². The zero-order valence-electron chi connectivity index (χ0n) is 9.54. The predicted octanol–water partition coefficient (Wildman–Crippen LogP) is 0.0919. The van der Waals surface area contributed by atoms with Gasteiger partial charge in [-0.1, -0.05) is 12.8 Å². The molecule has 6 heteroatoms. The summed E-state index contributed by atoms with van der Waals surface area (Å²) in [6.07, 6.45) is 6.32. The van der Waals surface area contributed by atoms with E-state index in [0.29, 0.717) is 13.1 Å². The monoisotopic (exact) mass is 247 g/mol. The Morgan fingerprint density at radius 2 is 1.88 bits per heavy atom. The third-order valence-electron chi connectivity index (χ3n) is 3.63. The lowest BCUT2D eigenvalue weighted by Crippen LogP contribution is -2.45. The molecule has 0 aromatic carbocycles. The molecule has 0 bridgehead atoms. The Labute approximate surface area is 97.3 Å². The average molecular weight is 247 g/mol. The third-order valence-corrected chi connectivity index (χ3v) is 4.80. The van der Waals surface area contributed by atoms with E-state index >= 15 is 0 Å². The topological polar surface area (TPSA) is 84.2 Å². The minimum atomic E-state index is -3.31. The van der Waals surface area contributed by atoms with Gasteiger partial charge in [-0.15, -0.1) is 0 Å². The predicted molar refractivity (Wildman–Crippen MR) is 63.0 cm³/mol. The molecule has 5 nitrogen and oxygen atoms in total. The van der Waals surface area contributed by atoms with Crippen LogP contribution in [0.4, 0.5) is 0 Å². The van der Waals surface area contributed by atoms with Crippen LogP contribution in [0.5, 0.6) is 0 Å². The van der Waals surface area contributed by atoms with Crippen molar-refractivity contribution in [3.63, 3.8) is 0 Å². The van der Waals surface area contributed by atoms with Crippen LogP contribution in [0.3, 0.4) is 0 Å². The van der Waals surface area contributed by atoms with E-state index in [1.54, 1.807) is 0 Å². The van der Waals surface area contributed by atoms with E-state index < -0.39 is 10.2 Å². The quantitative estimate of drug-likeness (QED) is 0.622. The van der Waals surface area contributed by atoms with Gasteiger partial charge in [0.05, 0.1) is 0 Å². The van der Waals surface area contributed by atoms with Gasteiger partial charge in [0.1, 0.15) is 0 Å². The summed E-state index contributed by atoms with van der Waals surface area (Å²) in [6.45, 7) is 1.05. The molecule has 0 aliphatic heterocycles. The molecule has 0 unspecified atom stereocenters. The summed E-state index contributed by atoms with van der Waals surface area (Å²) in [6, 6.07) is 0.162. The summed E-state index contributed by atoms with van der Waals surface area (Å²) in [5.41, 5.74) is 5.75. The highest BCUT2D eigenvalue weighted by atomic mass is 32.2. The van der Waals surface area contributed by atoms with Crippen molar-refractivity contribution < 1.29 is 8.42 Å². The lowest BCUT2D eigenvalue weighted by atomic mass is 9.87. The molecule has 2 aliphatic rings. The number of nitrogens with two attached hydrogens (primary N) is 1. The van der Waals surface area contributed by atoms with Crippen LogP contribution in [0, 0.1) is 5.41 Å². The molecule has 2 aliphatic carbocycles. The van der Waals surface area contributed by atoms with Crippen molar-refractivity contribution in [2.24, 2.45) is 11.1 Å². The highest BCUT2D eigenvalue weighted by Gasteiger charge is 2.34. The van der Waals surface area contributed by atoms with Crippen LogP contribution >= 0.6 is 0 Å². The normalized spacial score (nSPS) is 24.8. The SMILES string of the molecule is NCC1(CNS(=O)(=O)NC2CC2)CCCC1. The van der Waals surface area contributed by atoms with E-state index in [-0.39, 0.29) is 11.5 Å². The Bertz CT molecular complexity index is 332. The largest absolute Gasteiger partial charge is 0.330 e. The van der Waals surface area contributed by atoms with Crippen molar-refractivity contribution in [3.05, 3.63) is 0 Å². The summed E-state index contributed by atoms with van der Waals surface area (Å²) in [5.74, 6) is 0. The Morgan fingerprint density at radius 3 is 2.38 bits per heavy atom. The fourth-order valence-electron chi connectivity index (χ4n) is 2.29. The summed E-state index contributed by atoms with van der Waals surface area (Å²) < 4.78 is 28.5. The van der Waals surface area contributed by atoms with E-state index in [0.717, 1.165) is 38.5 Å². The Hall–Kier alpha value is -0.170. The average Bonchev–Trinajstić information content (AvgIpc) is 2.92. The molecule has 16 heavy (non-hydrogen) atoms. The Balaban J connectivity index is 1.84. The van der Waals surface area contributed by atoms with E-state index in [1.807, 2.05) is 0 Å². The van der Waals surface area contributed by atoms with Gasteiger partial charge in [-0.3, -0.25) is 0 Å². The van der Waals surface area contributed by atoms with Crippen LogP contribution in [0.1, 0.15) is 38.5 Å². The van der Waals surface area contributed by atoms with E-state index in [4.69, 9.17) is 5.73 Å². The first-order valence-electron chi connectivity index (χ1n) is 6.02. The minimum absolute atomic E-state index is 0.00169. The van der Waals surface area contributed by atoms with Crippen LogP contribution in [0.15, 0.2) is 0 Å². The molecule has 94 valence electrons. The maximum absolute atomic E-state index is 11.6. The second-order valence-electron chi connectivity index (χ2n) is 5.13. The molecule has 0 spiro atoms.